The van der Waals surface area contributed by atoms with Crippen LogP contribution in [0.5, 0.6) is 0 Å². The molecule has 2 aromatic heterocycles. The minimum Gasteiger partial charge on any atom is -0.340 e. The molecule has 0 aromatic carbocycles. The number of hydrogen-bond acceptors (Lipinski definition) is 4. The molecule has 0 bridgehead atoms. The van der Waals surface area contributed by atoms with Crippen molar-refractivity contribution in [2.75, 3.05) is 13.1 Å². The number of likely N-dealkylation sites (tertiary alicyclic amines) is 1. The summed E-state index contributed by atoms with van der Waals surface area (Å²) < 4.78 is 1.86. The largest absolute Gasteiger partial charge is 0.340 e. The van der Waals surface area contributed by atoms with Crippen molar-refractivity contribution in [2.24, 2.45) is 0 Å². The Morgan fingerprint density at radius 2 is 2.40 bits per heavy atom. The third-order valence-electron chi connectivity index (χ3n) is 3.86. The summed E-state index contributed by atoms with van der Waals surface area (Å²) in [5, 5.41) is 3.15. The summed E-state index contributed by atoms with van der Waals surface area (Å²) in [5.41, 5.74) is 0. The third kappa shape index (κ3) is 2.60. The van der Waals surface area contributed by atoms with Gasteiger partial charge in [-0.1, -0.05) is 0 Å². The molecular weight excluding hydrogens is 272 g/mol. The minimum atomic E-state index is -0.187. The van der Waals surface area contributed by atoms with Crippen LogP contribution in [0.4, 0.5) is 0 Å². The van der Waals surface area contributed by atoms with Crippen molar-refractivity contribution in [1.29, 1.82) is 0 Å². The van der Waals surface area contributed by atoms with Crippen LogP contribution in [0.1, 0.15) is 36.7 Å². The van der Waals surface area contributed by atoms with Gasteiger partial charge < -0.3 is 9.47 Å². The van der Waals surface area contributed by atoms with Crippen molar-refractivity contribution in [3.63, 3.8) is 0 Å². The first-order valence-electron chi connectivity index (χ1n) is 6.91. The molecule has 1 fully saturated rings. The summed E-state index contributed by atoms with van der Waals surface area (Å²) in [6.45, 7) is 3.56. The lowest BCUT2D eigenvalue weighted by atomic mass is 9.98. The molecule has 20 heavy (non-hydrogen) atoms. The van der Waals surface area contributed by atoms with Gasteiger partial charge in [-0.2, -0.15) is 0 Å². The van der Waals surface area contributed by atoms with Gasteiger partial charge in [0.15, 0.2) is 0 Å². The van der Waals surface area contributed by atoms with E-state index in [0.29, 0.717) is 5.92 Å². The van der Waals surface area contributed by atoms with E-state index >= 15 is 0 Å². The molecule has 0 saturated carbocycles. The summed E-state index contributed by atoms with van der Waals surface area (Å²) in [7, 11) is 0. The third-order valence-corrected chi connectivity index (χ3v) is 4.80. The van der Waals surface area contributed by atoms with E-state index in [2.05, 4.69) is 9.97 Å². The van der Waals surface area contributed by atoms with Crippen LogP contribution in [0.3, 0.4) is 0 Å². The number of imidazole rings is 1. The molecule has 3 heterocycles. The molecule has 0 radical (unpaired) electrons. The van der Waals surface area contributed by atoms with Crippen molar-refractivity contribution in [3.05, 3.63) is 35.3 Å². The van der Waals surface area contributed by atoms with Crippen LogP contribution in [-0.2, 0) is 4.79 Å². The van der Waals surface area contributed by atoms with Crippen molar-refractivity contribution in [1.82, 2.24) is 19.4 Å². The average Bonchev–Trinajstić information content (AvgIpc) is 3.18. The lowest BCUT2D eigenvalue weighted by Crippen LogP contribution is -2.42. The SMILES string of the molecule is C[C@H](C(=O)N1CCC[C@@H](c2nccs2)C1)n1ccnc1. The van der Waals surface area contributed by atoms with Gasteiger partial charge in [0.2, 0.25) is 5.91 Å². The maximum atomic E-state index is 12.6. The monoisotopic (exact) mass is 290 g/mol. The van der Waals surface area contributed by atoms with E-state index in [4.69, 9.17) is 0 Å². The number of nitrogens with zero attached hydrogens (tertiary/aromatic N) is 4. The molecule has 2 atom stereocenters. The van der Waals surface area contributed by atoms with Gasteiger partial charge in [0.1, 0.15) is 6.04 Å². The molecule has 3 rings (SSSR count). The van der Waals surface area contributed by atoms with Gasteiger partial charge in [-0.05, 0) is 19.8 Å². The molecule has 1 aliphatic rings. The fourth-order valence-electron chi connectivity index (χ4n) is 2.71. The van der Waals surface area contributed by atoms with Crippen molar-refractivity contribution < 1.29 is 4.79 Å². The van der Waals surface area contributed by atoms with Crippen LogP contribution in [0.2, 0.25) is 0 Å². The van der Waals surface area contributed by atoms with E-state index in [1.165, 1.54) is 0 Å². The predicted octanol–water partition coefficient (Wildman–Crippen LogP) is 2.31. The van der Waals surface area contributed by atoms with Gasteiger partial charge in [0.05, 0.1) is 11.3 Å². The molecule has 0 unspecified atom stereocenters. The Morgan fingerprint density at radius 3 is 3.10 bits per heavy atom. The molecule has 0 spiro atoms. The quantitative estimate of drug-likeness (QED) is 0.871. The zero-order valence-corrected chi connectivity index (χ0v) is 12.3. The smallest absolute Gasteiger partial charge is 0.245 e. The molecule has 2 aromatic rings. The van der Waals surface area contributed by atoms with Crippen LogP contribution in [0.25, 0.3) is 0 Å². The minimum absolute atomic E-state index is 0.171. The van der Waals surface area contributed by atoms with Gasteiger partial charge in [-0.15, -0.1) is 11.3 Å². The second-order valence-corrected chi connectivity index (χ2v) is 6.11. The highest BCUT2D eigenvalue weighted by atomic mass is 32.1. The van der Waals surface area contributed by atoms with Crippen LogP contribution in [0, 0.1) is 0 Å². The topological polar surface area (TPSA) is 51.0 Å². The van der Waals surface area contributed by atoms with Crippen LogP contribution in [0.15, 0.2) is 30.3 Å². The van der Waals surface area contributed by atoms with E-state index < -0.39 is 0 Å². The Labute approximate surface area is 122 Å². The van der Waals surface area contributed by atoms with Gasteiger partial charge in [0, 0.05) is 43.0 Å². The Balaban J connectivity index is 1.69. The lowest BCUT2D eigenvalue weighted by molar-refractivity contribution is -0.135. The first-order valence-corrected chi connectivity index (χ1v) is 7.79. The van der Waals surface area contributed by atoms with Gasteiger partial charge in [0.25, 0.3) is 0 Å². The molecule has 5 nitrogen and oxygen atoms in total. The number of aromatic nitrogens is 3. The fraction of sp³-hybridized carbons (Fsp3) is 0.500. The molecule has 1 saturated heterocycles. The number of amides is 1. The van der Waals surface area contributed by atoms with Gasteiger partial charge in [-0.25, -0.2) is 9.97 Å². The number of rotatable bonds is 3. The Hall–Kier alpha value is -1.69. The summed E-state index contributed by atoms with van der Waals surface area (Å²) in [6, 6.07) is -0.187. The summed E-state index contributed by atoms with van der Waals surface area (Å²) in [4.78, 5) is 22.9. The van der Waals surface area contributed by atoms with E-state index in [1.54, 1.807) is 23.9 Å². The Kier molecular flexibility index (Phi) is 3.82. The highest BCUT2D eigenvalue weighted by Crippen LogP contribution is 2.29. The average molecular weight is 290 g/mol. The predicted molar refractivity (Wildman–Crippen MR) is 77.6 cm³/mol. The Bertz CT molecular complexity index is 552. The van der Waals surface area contributed by atoms with Gasteiger partial charge in [-0.3, -0.25) is 4.79 Å². The molecule has 0 N–H and O–H groups in total. The van der Waals surface area contributed by atoms with E-state index in [-0.39, 0.29) is 11.9 Å². The molecule has 106 valence electrons. The lowest BCUT2D eigenvalue weighted by Gasteiger charge is -2.33. The second kappa shape index (κ2) is 5.75. The molecule has 1 aliphatic heterocycles. The number of piperidine rings is 1. The van der Waals surface area contributed by atoms with Crippen LogP contribution < -0.4 is 0 Å². The number of carbonyl (C=O) groups excluding carboxylic acids is 1. The number of hydrogen-bond donors (Lipinski definition) is 0. The van der Waals surface area contributed by atoms with Crippen molar-refractivity contribution in [3.8, 4) is 0 Å². The highest BCUT2D eigenvalue weighted by Gasteiger charge is 2.29. The normalized spacial score (nSPS) is 20.9. The first-order chi connectivity index (χ1) is 9.75. The summed E-state index contributed by atoms with van der Waals surface area (Å²) >= 11 is 1.69. The number of carbonyl (C=O) groups is 1. The fourth-order valence-corrected chi connectivity index (χ4v) is 3.47. The standard InChI is InChI=1S/C14H18N4OS/c1-11(18-7-4-15-10-18)14(19)17-6-2-3-12(9-17)13-16-5-8-20-13/h4-5,7-8,10-12H,2-3,6,9H2,1H3/t11-,12-/m1/s1. The first kappa shape index (κ1) is 13.3. The highest BCUT2D eigenvalue weighted by molar-refractivity contribution is 7.09. The molecular formula is C14H18N4OS. The van der Waals surface area contributed by atoms with E-state index in [1.807, 2.05) is 34.2 Å². The van der Waals surface area contributed by atoms with Crippen molar-refractivity contribution in [2.45, 2.75) is 31.7 Å². The van der Waals surface area contributed by atoms with Crippen LogP contribution in [-0.4, -0.2) is 38.4 Å². The van der Waals surface area contributed by atoms with Gasteiger partial charge >= 0.3 is 0 Å². The summed E-state index contributed by atoms with van der Waals surface area (Å²) in [6.07, 6.45) is 9.26. The number of thiazole rings is 1. The Morgan fingerprint density at radius 1 is 1.50 bits per heavy atom. The maximum absolute atomic E-state index is 12.6. The van der Waals surface area contributed by atoms with E-state index in [9.17, 15) is 4.79 Å². The van der Waals surface area contributed by atoms with Crippen LogP contribution >= 0.6 is 11.3 Å². The maximum Gasteiger partial charge on any atom is 0.245 e. The molecule has 6 heteroatoms. The van der Waals surface area contributed by atoms with Crippen molar-refractivity contribution >= 4 is 17.2 Å². The zero-order valence-electron chi connectivity index (χ0n) is 11.5. The molecule has 1 amide bonds. The van der Waals surface area contributed by atoms with E-state index in [0.717, 1.165) is 30.9 Å². The zero-order chi connectivity index (χ0) is 13.9. The summed E-state index contributed by atoms with van der Waals surface area (Å²) in [5.74, 6) is 0.562. The second-order valence-electron chi connectivity index (χ2n) is 5.18. The molecule has 0 aliphatic carbocycles.